The highest BCUT2D eigenvalue weighted by molar-refractivity contribution is 7.13. The SMILES string of the molecule is CC(C(=O)N1CCN(Cc2csc(-c3ccccc3)n2)CC1)C1CNC1.Cl.Cl. The van der Waals surface area contributed by atoms with Gasteiger partial charge >= 0.3 is 0 Å². The maximum Gasteiger partial charge on any atom is 0.225 e. The molecule has 2 fully saturated rings. The van der Waals surface area contributed by atoms with E-state index >= 15 is 0 Å². The van der Waals surface area contributed by atoms with Crippen molar-refractivity contribution in [3.8, 4) is 10.6 Å². The van der Waals surface area contributed by atoms with Crippen LogP contribution in [-0.4, -0.2) is 60.0 Å². The summed E-state index contributed by atoms with van der Waals surface area (Å²) in [6, 6.07) is 10.3. The lowest BCUT2D eigenvalue weighted by atomic mass is 9.88. The molecule has 8 heteroatoms. The second kappa shape index (κ2) is 10.6. The van der Waals surface area contributed by atoms with Gasteiger partial charge in [-0.1, -0.05) is 37.3 Å². The largest absolute Gasteiger partial charge is 0.340 e. The number of piperazine rings is 1. The molecule has 28 heavy (non-hydrogen) atoms. The Balaban J connectivity index is 0.00000140. The monoisotopic (exact) mass is 442 g/mol. The van der Waals surface area contributed by atoms with E-state index in [0.29, 0.717) is 11.8 Å². The third kappa shape index (κ3) is 5.24. The normalized spacial score (nSPS) is 18.5. The van der Waals surface area contributed by atoms with E-state index in [4.69, 9.17) is 4.98 Å². The van der Waals surface area contributed by atoms with Gasteiger partial charge in [0.05, 0.1) is 5.69 Å². The fourth-order valence-corrected chi connectivity index (χ4v) is 4.42. The molecular formula is C20H28Cl2N4OS. The van der Waals surface area contributed by atoms with Crippen LogP contribution < -0.4 is 5.32 Å². The Hall–Kier alpha value is -1.18. The van der Waals surface area contributed by atoms with Crippen molar-refractivity contribution in [2.75, 3.05) is 39.3 Å². The average Bonchev–Trinajstić information content (AvgIpc) is 3.09. The van der Waals surface area contributed by atoms with Crippen molar-refractivity contribution in [3.63, 3.8) is 0 Å². The van der Waals surface area contributed by atoms with E-state index in [0.717, 1.165) is 56.5 Å². The second-order valence-electron chi connectivity index (χ2n) is 7.32. The number of hydrogen-bond donors (Lipinski definition) is 1. The van der Waals surface area contributed by atoms with Gasteiger partial charge in [0, 0.05) is 49.6 Å². The van der Waals surface area contributed by atoms with E-state index in [1.54, 1.807) is 11.3 Å². The number of carbonyl (C=O) groups is 1. The van der Waals surface area contributed by atoms with E-state index < -0.39 is 0 Å². The van der Waals surface area contributed by atoms with Gasteiger partial charge < -0.3 is 10.2 Å². The number of hydrogen-bond acceptors (Lipinski definition) is 5. The summed E-state index contributed by atoms with van der Waals surface area (Å²) in [6.07, 6.45) is 0. The van der Waals surface area contributed by atoms with E-state index in [9.17, 15) is 4.79 Å². The van der Waals surface area contributed by atoms with Crippen LogP contribution in [0, 0.1) is 11.8 Å². The summed E-state index contributed by atoms with van der Waals surface area (Å²) >= 11 is 1.70. The van der Waals surface area contributed by atoms with Gasteiger partial charge in [0.25, 0.3) is 0 Å². The molecular weight excluding hydrogens is 415 g/mol. The molecule has 0 aliphatic carbocycles. The van der Waals surface area contributed by atoms with Crippen molar-refractivity contribution in [2.24, 2.45) is 11.8 Å². The standard InChI is InChI=1S/C20H26N4OS.2ClH/c1-15(17-11-21-12-17)20(25)24-9-7-23(8-10-24)13-18-14-26-19(22-18)16-5-3-2-4-6-16;;/h2-6,14-15,17,21H,7-13H2,1H3;2*1H. The van der Waals surface area contributed by atoms with Gasteiger partial charge in [-0.25, -0.2) is 4.98 Å². The third-order valence-electron chi connectivity index (χ3n) is 5.55. The Kier molecular flexibility index (Phi) is 8.71. The maximum absolute atomic E-state index is 12.6. The van der Waals surface area contributed by atoms with Gasteiger partial charge in [-0.05, 0) is 19.0 Å². The molecule has 2 aromatic rings. The number of nitrogens with zero attached hydrogens (tertiary/aromatic N) is 3. The topological polar surface area (TPSA) is 48.5 Å². The third-order valence-corrected chi connectivity index (χ3v) is 6.49. The number of thiazole rings is 1. The number of amides is 1. The summed E-state index contributed by atoms with van der Waals surface area (Å²) < 4.78 is 0. The Morgan fingerprint density at radius 1 is 1.18 bits per heavy atom. The van der Waals surface area contributed by atoms with Crippen LogP contribution >= 0.6 is 36.2 Å². The Bertz CT molecular complexity index is 746. The molecule has 4 rings (SSSR count). The maximum atomic E-state index is 12.6. The lowest BCUT2D eigenvalue weighted by Crippen LogP contribution is -2.54. The highest BCUT2D eigenvalue weighted by atomic mass is 35.5. The van der Waals surface area contributed by atoms with Gasteiger partial charge in [0.1, 0.15) is 5.01 Å². The van der Waals surface area contributed by atoms with E-state index in [-0.39, 0.29) is 30.7 Å². The molecule has 5 nitrogen and oxygen atoms in total. The van der Waals surface area contributed by atoms with Crippen LogP contribution in [-0.2, 0) is 11.3 Å². The predicted octanol–water partition coefficient (Wildman–Crippen LogP) is 3.15. The van der Waals surface area contributed by atoms with Gasteiger partial charge in [0.15, 0.2) is 0 Å². The quantitative estimate of drug-likeness (QED) is 0.772. The summed E-state index contributed by atoms with van der Waals surface area (Å²) in [5.41, 5.74) is 2.31. The summed E-state index contributed by atoms with van der Waals surface area (Å²) in [7, 11) is 0. The lowest BCUT2D eigenvalue weighted by Gasteiger charge is -2.39. The zero-order valence-electron chi connectivity index (χ0n) is 16.0. The van der Waals surface area contributed by atoms with Crippen molar-refractivity contribution in [3.05, 3.63) is 41.4 Å². The first-order chi connectivity index (χ1) is 12.7. The van der Waals surface area contributed by atoms with Crippen LogP contribution in [0.3, 0.4) is 0 Å². The molecule has 0 radical (unpaired) electrons. The Morgan fingerprint density at radius 2 is 1.86 bits per heavy atom. The van der Waals surface area contributed by atoms with Gasteiger partial charge in [0.2, 0.25) is 5.91 Å². The van der Waals surface area contributed by atoms with Crippen LogP contribution in [0.1, 0.15) is 12.6 Å². The van der Waals surface area contributed by atoms with E-state index in [2.05, 4.69) is 39.6 Å². The van der Waals surface area contributed by atoms with Crippen molar-refractivity contribution < 1.29 is 4.79 Å². The van der Waals surface area contributed by atoms with Crippen LogP contribution in [0.4, 0.5) is 0 Å². The number of nitrogens with one attached hydrogen (secondary N) is 1. The summed E-state index contributed by atoms with van der Waals surface area (Å²) in [5, 5.41) is 6.50. The van der Waals surface area contributed by atoms with Gasteiger partial charge in [-0.3, -0.25) is 9.69 Å². The first-order valence-corrected chi connectivity index (χ1v) is 10.3. The summed E-state index contributed by atoms with van der Waals surface area (Å²) in [6.45, 7) is 8.45. The molecule has 154 valence electrons. The summed E-state index contributed by atoms with van der Waals surface area (Å²) in [4.78, 5) is 21.9. The second-order valence-corrected chi connectivity index (χ2v) is 8.18. The van der Waals surface area contributed by atoms with Crippen LogP contribution in [0.25, 0.3) is 10.6 Å². The number of benzene rings is 1. The van der Waals surface area contributed by atoms with Crippen molar-refractivity contribution in [1.29, 1.82) is 0 Å². The minimum Gasteiger partial charge on any atom is -0.340 e. The zero-order chi connectivity index (χ0) is 17.9. The highest BCUT2D eigenvalue weighted by Gasteiger charge is 2.32. The fourth-order valence-electron chi connectivity index (χ4n) is 3.60. The van der Waals surface area contributed by atoms with Gasteiger partial charge in [-0.15, -0.1) is 36.2 Å². The molecule has 1 amide bonds. The van der Waals surface area contributed by atoms with Gasteiger partial charge in [-0.2, -0.15) is 0 Å². The van der Waals surface area contributed by atoms with Crippen LogP contribution in [0.2, 0.25) is 0 Å². The van der Waals surface area contributed by atoms with Crippen molar-refractivity contribution >= 4 is 42.1 Å². The lowest BCUT2D eigenvalue weighted by molar-refractivity contribution is -0.139. The number of rotatable bonds is 5. The zero-order valence-corrected chi connectivity index (χ0v) is 18.5. The minimum absolute atomic E-state index is 0. The number of aromatic nitrogens is 1. The molecule has 1 N–H and O–H groups in total. The van der Waals surface area contributed by atoms with Crippen LogP contribution in [0.5, 0.6) is 0 Å². The molecule has 2 aliphatic rings. The number of halogens is 2. The van der Waals surface area contributed by atoms with Crippen molar-refractivity contribution in [1.82, 2.24) is 20.1 Å². The molecule has 1 aromatic carbocycles. The molecule has 1 atom stereocenters. The molecule has 0 bridgehead atoms. The number of carbonyl (C=O) groups excluding carboxylic acids is 1. The average molecular weight is 443 g/mol. The minimum atomic E-state index is 0. The van der Waals surface area contributed by atoms with E-state index in [1.807, 2.05) is 18.2 Å². The molecule has 1 unspecified atom stereocenters. The van der Waals surface area contributed by atoms with Crippen LogP contribution in [0.15, 0.2) is 35.7 Å². The molecule has 2 aliphatic heterocycles. The molecule has 0 saturated carbocycles. The highest BCUT2D eigenvalue weighted by Crippen LogP contribution is 2.24. The Morgan fingerprint density at radius 3 is 2.46 bits per heavy atom. The predicted molar refractivity (Wildman–Crippen MR) is 119 cm³/mol. The van der Waals surface area contributed by atoms with Crippen molar-refractivity contribution in [2.45, 2.75) is 13.5 Å². The molecule has 1 aromatic heterocycles. The first kappa shape index (κ1) is 23.1. The first-order valence-electron chi connectivity index (χ1n) is 9.42. The molecule has 2 saturated heterocycles. The smallest absolute Gasteiger partial charge is 0.225 e. The molecule has 0 spiro atoms. The summed E-state index contributed by atoms with van der Waals surface area (Å²) in [5.74, 6) is 0.998. The Labute approximate surface area is 183 Å². The molecule has 3 heterocycles. The van der Waals surface area contributed by atoms with E-state index in [1.165, 1.54) is 5.56 Å². The fraction of sp³-hybridized carbons (Fsp3) is 0.500.